The summed E-state index contributed by atoms with van der Waals surface area (Å²) in [5.41, 5.74) is 8.18. The molecule has 3 heterocycles. The molecule has 0 saturated carbocycles. The zero-order valence-electron chi connectivity index (χ0n) is 15.2. The minimum absolute atomic E-state index is 0.0858. The molecule has 0 amide bonds. The van der Waals surface area contributed by atoms with Gasteiger partial charge in [0.1, 0.15) is 22.6 Å². The molecule has 1 aliphatic heterocycles. The lowest BCUT2D eigenvalue weighted by Crippen LogP contribution is -2.25. The molecule has 2 N–H and O–H groups in total. The van der Waals surface area contributed by atoms with Gasteiger partial charge >= 0.3 is 0 Å². The van der Waals surface area contributed by atoms with Gasteiger partial charge in [-0.3, -0.25) is 4.79 Å². The second-order valence-corrected chi connectivity index (χ2v) is 7.58. The molecular formula is C20H22N2O4S. The summed E-state index contributed by atoms with van der Waals surface area (Å²) in [5.74, 6) is 0.721. The number of benzene rings is 1. The van der Waals surface area contributed by atoms with Crippen LogP contribution in [0.5, 0.6) is 5.75 Å². The van der Waals surface area contributed by atoms with Crippen molar-refractivity contribution in [3.63, 3.8) is 0 Å². The van der Waals surface area contributed by atoms with E-state index in [2.05, 4.69) is 4.98 Å². The third-order valence-corrected chi connectivity index (χ3v) is 5.63. The van der Waals surface area contributed by atoms with Crippen LogP contribution in [0.4, 0.5) is 0 Å². The van der Waals surface area contributed by atoms with Crippen molar-refractivity contribution in [2.75, 3.05) is 6.54 Å². The molecule has 0 spiro atoms. The van der Waals surface area contributed by atoms with Gasteiger partial charge in [0, 0.05) is 29.1 Å². The van der Waals surface area contributed by atoms with Gasteiger partial charge in [0.15, 0.2) is 6.29 Å². The van der Waals surface area contributed by atoms with Crippen LogP contribution in [-0.4, -0.2) is 17.8 Å². The Hall–Kier alpha value is -2.22. The maximum atomic E-state index is 12.9. The highest BCUT2D eigenvalue weighted by Gasteiger charge is 2.22. The summed E-state index contributed by atoms with van der Waals surface area (Å²) in [7, 11) is 0. The fourth-order valence-electron chi connectivity index (χ4n) is 3.18. The number of hydrogen-bond donors (Lipinski definition) is 1. The Morgan fingerprint density at radius 2 is 2.19 bits per heavy atom. The van der Waals surface area contributed by atoms with Crippen molar-refractivity contribution in [3.8, 4) is 16.3 Å². The number of ether oxygens (including phenoxy) is 2. The molecule has 2 aromatic heterocycles. The molecule has 1 atom stereocenters. The summed E-state index contributed by atoms with van der Waals surface area (Å²) in [4.78, 5) is 17.3. The van der Waals surface area contributed by atoms with Gasteiger partial charge in [-0.15, -0.1) is 11.3 Å². The molecule has 0 radical (unpaired) electrons. The Labute approximate surface area is 160 Å². The number of aromatic nitrogens is 1. The van der Waals surface area contributed by atoms with Crippen molar-refractivity contribution < 1.29 is 13.9 Å². The molecule has 0 unspecified atom stereocenters. The largest absolute Gasteiger partial charge is 0.464 e. The number of nitrogens with two attached hydrogens (primary N) is 1. The van der Waals surface area contributed by atoms with E-state index < -0.39 is 0 Å². The monoisotopic (exact) mass is 386 g/mol. The van der Waals surface area contributed by atoms with E-state index in [1.807, 2.05) is 18.4 Å². The summed E-state index contributed by atoms with van der Waals surface area (Å²) in [6.07, 6.45) is 5.13. The summed E-state index contributed by atoms with van der Waals surface area (Å²) >= 11 is 1.44. The van der Waals surface area contributed by atoms with Gasteiger partial charge < -0.3 is 19.6 Å². The highest BCUT2D eigenvalue weighted by atomic mass is 32.1. The van der Waals surface area contributed by atoms with Crippen molar-refractivity contribution in [2.45, 2.75) is 45.5 Å². The first-order valence-corrected chi connectivity index (χ1v) is 10.0. The van der Waals surface area contributed by atoms with Crippen LogP contribution in [0.25, 0.3) is 21.5 Å². The fourth-order valence-corrected chi connectivity index (χ4v) is 3.98. The van der Waals surface area contributed by atoms with Crippen LogP contribution in [0.2, 0.25) is 0 Å². The van der Waals surface area contributed by atoms with Crippen LogP contribution in [0, 0.1) is 6.92 Å². The first kappa shape index (κ1) is 18.2. The Balaban J connectivity index is 1.60. The van der Waals surface area contributed by atoms with E-state index in [0.29, 0.717) is 34.7 Å². The van der Waals surface area contributed by atoms with Gasteiger partial charge in [-0.05, 0) is 32.4 Å². The smallest absolute Gasteiger partial charge is 0.202 e. The van der Waals surface area contributed by atoms with Crippen LogP contribution in [0.15, 0.2) is 33.0 Å². The number of rotatable bonds is 6. The number of thiazole rings is 1. The maximum absolute atomic E-state index is 12.9. The van der Waals surface area contributed by atoms with Crippen molar-refractivity contribution in [1.29, 1.82) is 0 Å². The Kier molecular flexibility index (Phi) is 5.24. The Morgan fingerprint density at radius 3 is 2.96 bits per heavy atom. The quantitative estimate of drug-likeness (QED) is 0.645. The zero-order chi connectivity index (χ0) is 18.8. The van der Waals surface area contributed by atoms with Gasteiger partial charge in [-0.25, -0.2) is 4.98 Å². The average molecular weight is 386 g/mol. The second-order valence-electron chi connectivity index (χ2n) is 6.73. The lowest BCUT2D eigenvalue weighted by Gasteiger charge is -2.26. The SMILES string of the molecule is Cc1csc(-c2coc3cc4c(cc3c2=O)CO[C@@H](CCCCCN)O4)n1. The van der Waals surface area contributed by atoms with E-state index >= 15 is 0 Å². The van der Waals surface area contributed by atoms with Crippen LogP contribution in [0.3, 0.4) is 0 Å². The molecule has 7 heteroatoms. The summed E-state index contributed by atoms with van der Waals surface area (Å²) < 4.78 is 17.5. The minimum Gasteiger partial charge on any atom is -0.464 e. The van der Waals surface area contributed by atoms with Crippen molar-refractivity contribution in [3.05, 3.63) is 45.3 Å². The van der Waals surface area contributed by atoms with Gasteiger partial charge in [0.25, 0.3) is 0 Å². The highest BCUT2D eigenvalue weighted by Crippen LogP contribution is 2.32. The summed E-state index contributed by atoms with van der Waals surface area (Å²) in [6, 6.07) is 3.60. The van der Waals surface area contributed by atoms with Gasteiger partial charge in [0.2, 0.25) is 5.43 Å². The van der Waals surface area contributed by atoms with Gasteiger partial charge in [-0.2, -0.15) is 0 Å². The van der Waals surface area contributed by atoms with E-state index in [1.165, 1.54) is 17.6 Å². The molecule has 0 saturated heterocycles. The Bertz CT molecular complexity index is 1010. The summed E-state index contributed by atoms with van der Waals surface area (Å²) in [6.45, 7) is 3.04. The van der Waals surface area contributed by atoms with E-state index in [-0.39, 0.29) is 11.7 Å². The molecule has 27 heavy (non-hydrogen) atoms. The average Bonchev–Trinajstić information content (AvgIpc) is 3.10. The highest BCUT2D eigenvalue weighted by molar-refractivity contribution is 7.13. The molecule has 142 valence electrons. The molecule has 1 aromatic carbocycles. The standard InChI is InChI=1S/C20H22N2O4S/c1-12-11-27-20(22-12)15-10-24-17-8-16-13(7-14(17)19(15)23)9-25-18(26-16)5-3-2-4-6-21/h7-8,10-11,18H,2-6,9,21H2,1H3/t18-/m1/s1. The molecule has 0 bridgehead atoms. The topological polar surface area (TPSA) is 87.6 Å². The van der Waals surface area contributed by atoms with E-state index in [0.717, 1.165) is 42.7 Å². The summed E-state index contributed by atoms with van der Waals surface area (Å²) in [5, 5.41) is 3.11. The van der Waals surface area contributed by atoms with Crippen LogP contribution in [-0.2, 0) is 11.3 Å². The normalized spacial score (nSPS) is 16.3. The first-order valence-electron chi connectivity index (χ1n) is 9.15. The number of unbranched alkanes of at least 4 members (excludes halogenated alkanes) is 2. The predicted octanol–water partition coefficient (Wildman–Crippen LogP) is 3.98. The minimum atomic E-state index is -0.267. The first-order chi connectivity index (χ1) is 13.2. The molecule has 0 fully saturated rings. The molecular weight excluding hydrogens is 364 g/mol. The second kappa shape index (κ2) is 7.80. The molecule has 3 aromatic rings. The van der Waals surface area contributed by atoms with Crippen LogP contribution in [0.1, 0.15) is 36.9 Å². The van der Waals surface area contributed by atoms with E-state index in [4.69, 9.17) is 19.6 Å². The molecule has 6 nitrogen and oxygen atoms in total. The lowest BCUT2D eigenvalue weighted by molar-refractivity contribution is -0.112. The molecule has 0 aliphatic carbocycles. The fraction of sp³-hybridized carbons (Fsp3) is 0.400. The maximum Gasteiger partial charge on any atom is 0.202 e. The number of hydrogen-bond acceptors (Lipinski definition) is 7. The third-order valence-electron chi connectivity index (χ3n) is 4.63. The molecule has 1 aliphatic rings. The van der Waals surface area contributed by atoms with Crippen molar-refractivity contribution >= 4 is 22.3 Å². The number of aryl methyl sites for hydroxylation is 1. The van der Waals surface area contributed by atoms with Crippen molar-refractivity contribution in [1.82, 2.24) is 4.98 Å². The van der Waals surface area contributed by atoms with Crippen LogP contribution >= 0.6 is 11.3 Å². The third kappa shape index (κ3) is 3.76. The van der Waals surface area contributed by atoms with Crippen molar-refractivity contribution in [2.24, 2.45) is 5.73 Å². The molecule has 4 rings (SSSR count). The van der Waals surface area contributed by atoms with E-state index in [9.17, 15) is 4.79 Å². The number of fused-ring (bicyclic) bond motifs is 2. The van der Waals surface area contributed by atoms with Gasteiger partial charge in [-0.1, -0.05) is 6.42 Å². The Morgan fingerprint density at radius 1 is 1.30 bits per heavy atom. The predicted molar refractivity (Wildman–Crippen MR) is 105 cm³/mol. The van der Waals surface area contributed by atoms with E-state index in [1.54, 1.807) is 6.07 Å². The number of nitrogens with zero attached hydrogens (tertiary/aromatic N) is 1. The lowest BCUT2D eigenvalue weighted by atomic mass is 10.1. The van der Waals surface area contributed by atoms with Gasteiger partial charge in [0.05, 0.1) is 17.6 Å². The zero-order valence-corrected chi connectivity index (χ0v) is 16.0. The van der Waals surface area contributed by atoms with Crippen LogP contribution < -0.4 is 15.9 Å².